The predicted octanol–water partition coefficient (Wildman–Crippen LogP) is 3.28. The number of nitrogens with zero attached hydrogens (tertiary/aromatic N) is 2. The van der Waals surface area contributed by atoms with Crippen molar-refractivity contribution in [2.24, 2.45) is 5.10 Å². The van der Waals surface area contributed by atoms with Crippen molar-refractivity contribution in [3.05, 3.63) is 97.9 Å². The SMILES string of the molecule is O=C(NN=Cc1ccc(O)c([N+](=O)[O-])c1)C(=Cc1cccs1)NC(=O)c1ccccc1. The lowest BCUT2D eigenvalue weighted by Crippen LogP contribution is -2.32. The summed E-state index contributed by atoms with van der Waals surface area (Å²) in [4.78, 5) is 36.0. The van der Waals surface area contributed by atoms with Crippen molar-refractivity contribution >= 4 is 41.1 Å². The third kappa shape index (κ3) is 5.84. The first-order chi connectivity index (χ1) is 14.9. The molecular weight excluding hydrogens is 420 g/mol. The number of hydrogen-bond donors (Lipinski definition) is 3. The van der Waals surface area contributed by atoms with Crippen LogP contribution in [0.5, 0.6) is 5.75 Å². The van der Waals surface area contributed by atoms with Crippen molar-refractivity contribution in [1.29, 1.82) is 0 Å². The highest BCUT2D eigenvalue weighted by molar-refractivity contribution is 7.10. The van der Waals surface area contributed by atoms with Crippen molar-refractivity contribution in [1.82, 2.24) is 10.7 Å². The van der Waals surface area contributed by atoms with Crippen LogP contribution < -0.4 is 10.7 Å². The van der Waals surface area contributed by atoms with Gasteiger partial charge in [0.1, 0.15) is 5.70 Å². The molecule has 10 heteroatoms. The first kappa shape index (κ1) is 21.4. The molecule has 0 aliphatic heterocycles. The fourth-order valence-electron chi connectivity index (χ4n) is 2.45. The van der Waals surface area contributed by atoms with Crippen molar-refractivity contribution < 1.29 is 19.6 Å². The molecule has 9 nitrogen and oxygen atoms in total. The Hall–Kier alpha value is -4.31. The van der Waals surface area contributed by atoms with Gasteiger partial charge in [-0.25, -0.2) is 5.43 Å². The summed E-state index contributed by atoms with van der Waals surface area (Å²) in [5, 5.41) is 28.6. The Morgan fingerprint density at radius 1 is 1.10 bits per heavy atom. The normalized spacial score (nSPS) is 11.3. The van der Waals surface area contributed by atoms with Crippen LogP contribution in [0.4, 0.5) is 5.69 Å². The molecule has 2 aromatic carbocycles. The van der Waals surface area contributed by atoms with Crippen LogP contribution in [0.1, 0.15) is 20.8 Å². The summed E-state index contributed by atoms with van der Waals surface area (Å²) in [6.07, 6.45) is 2.70. The third-order valence-corrected chi connectivity index (χ3v) is 4.75. The maximum atomic E-state index is 12.6. The van der Waals surface area contributed by atoms with Gasteiger partial charge in [0, 0.05) is 22.1 Å². The molecule has 2 amide bonds. The Morgan fingerprint density at radius 3 is 2.55 bits per heavy atom. The van der Waals surface area contributed by atoms with Crippen molar-refractivity contribution in [2.75, 3.05) is 0 Å². The number of hydrogen-bond acceptors (Lipinski definition) is 7. The van der Waals surface area contributed by atoms with Crippen molar-refractivity contribution in [3.8, 4) is 5.75 Å². The van der Waals surface area contributed by atoms with Gasteiger partial charge in [0.05, 0.1) is 11.1 Å². The highest BCUT2D eigenvalue weighted by Crippen LogP contribution is 2.25. The van der Waals surface area contributed by atoms with Gasteiger partial charge in [-0.05, 0) is 41.8 Å². The second kappa shape index (κ2) is 9.94. The molecule has 31 heavy (non-hydrogen) atoms. The zero-order chi connectivity index (χ0) is 22.2. The monoisotopic (exact) mass is 436 g/mol. The molecule has 0 bridgehead atoms. The number of nitro groups is 1. The van der Waals surface area contributed by atoms with Gasteiger partial charge in [-0.3, -0.25) is 19.7 Å². The molecule has 3 rings (SSSR count). The van der Waals surface area contributed by atoms with E-state index in [1.165, 1.54) is 29.7 Å². The Bertz CT molecular complexity index is 1160. The standard InChI is InChI=1S/C21H16N4O5S/c26-19-9-8-14(11-18(19)25(29)30)13-22-24-21(28)17(12-16-7-4-10-31-16)23-20(27)15-5-2-1-3-6-15/h1-13,26H,(H,23,27)(H,24,28). The van der Waals surface area contributed by atoms with Gasteiger partial charge in [-0.15, -0.1) is 11.3 Å². The maximum absolute atomic E-state index is 12.6. The van der Waals surface area contributed by atoms with Crippen LogP contribution in [-0.2, 0) is 4.79 Å². The molecule has 3 aromatic rings. The first-order valence-electron chi connectivity index (χ1n) is 8.86. The van der Waals surface area contributed by atoms with Crippen molar-refractivity contribution in [3.63, 3.8) is 0 Å². The molecule has 0 radical (unpaired) electrons. The van der Waals surface area contributed by atoms with E-state index in [1.807, 2.05) is 5.38 Å². The number of phenolic OH excluding ortho intramolecular Hbond substituents is 1. The Labute approximate surface area is 180 Å². The molecule has 1 heterocycles. The van der Waals surface area contributed by atoms with Crippen molar-refractivity contribution in [2.45, 2.75) is 0 Å². The quantitative estimate of drug-likeness (QED) is 0.226. The summed E-state index contributed by atoms with van der Waals surface area (Å²) >= 11 is 1.38. The fourth-order valence-corrected chi connectivity index (χ4v) is 3.11. The van der Waals surface area contributed by atoms with Gasteiger partial charge >= 0.3 is 5.69 Å². The Kier molecular flexibility index (Phi) is 6.86. The minimum absolute atomic E-state index is 0.0230. The molecule has 0 fully saturated rings. The number of nitrogens with one attached hydrogen (secondary N) is 2. The third-order valence-electron chi connectivity index (χ3n) is 3.93. The van der Waals surface area contributed by atoms with Gasteiger partial charge in [0.2, 0.25) is 0 Å². The molecule has 0 unspecified atom stereocenters. The number of hydrazone groups is 1. The van der Waals surface area contributed by atoms with E-state index >= 15 is 0 Å². The summed E-state index contributed by atoms with van der Waals surface area (Å²) in [7, 11) is 0. The number of carbonyl (C=O) groups is 2. The minimum Gasteiger partial charge on any atom is -0.502 e. The van der Waals surface area contributed by atoms with E-state index in [0.717, 1.165) is 17.0 Å². The van der Waals surface area contributed by atoms with Crippen LogP contribution in [0, 0.1) is 10.1 Å². The molecule has 0 spiro atoms. The van der Waals surface area contributed by atoms with Crippen LogP contribution in [0.3, 0.4) is 0 Å². The number of amides is 2. The Morgan fingerprint density at radius 2 is 1.87 bits per heavy atom. The largest absolute Gasteiger partial charge is 0.502 e. The summed E-state index contributed by atoms with van der Waals surface area (Å²) < 4.78 is 0. The molecule has 0 aliphatic carbocycles. The lowest BCUT2D eigenvalue weighted by atomic mass is 10.2. The van der Waals surface area contributed by atoms with E-state index in [0.29, 0.717) is 11.1 Å². The second-order valence-corrected chi connectivity index (χ2v) is 7.08. The van der Waals surface area contributed by atoms with Gasteiger partial charge in [0.25, 0.3) is 11.8 Å². The number of carbonyl (C=O) groups excluding carboxylic acids is 2. The molecule has 0 saturated carbocycles. The molecule has 1 aromatic heterocycles. The van der Waals surface area contributed by atoms with Gasteiger partial charge in [0.15, 0.2) is 5.75 Å². The zero-order valence-corrected chi connectivity index (χ0v) is 16.7. The molecule has 3 N–H and O–H groups in total. The molecule has 0 aliphatic rings. The minimum atomic E-state index is -0.730. The van der Waals surface area contributed by atoms with E-state index in [-0.39, 0.29) is 5.70 Å². The molecule has 0 saturated heterocycles. The number of rotatable bonds is 7. The number of aromatic hydroxyl groups is 1. The average Bonchev–Trinajstić information content (AvgIpc) is 3.28. The van der Waals surface area contributed by atoms with Gasteiger partial charge in [-0.2, -0.15) is 5.10 Å². The van der Waals surface area contributed by atoms with Gasteiger partial charge in [-0.1, -0.05) is 24.3 Å². The van der Waals surface area contributed by atoms with E-state index in [1.54, 1.807) is 42.5 Å². The van der Waals surface area contributed by atoms with Crippen LogP contribution in [0.25, 0.3) is 6.08 Å². The fraction of sp³-hybridized carbons (Fsp3) is 0. The van der Waals surface area contributed by atoms with Crippen LogP contribution in [0.2, 0.25) is 0 Å². The second-order valence-electron chi connectivity index (χ2n) is 6.10. The van der Waals surface area contributed by atoms with E-state index in [2.05, 4.69) is 15.8 Å². The summed E-state index contributed by atoms with van der Waals surface area (Å²) in [5.74, 6) is -1.62. The summed E-state index contributed by atoms with van der Waals surface area (Å²) in [6, 6.07) is 15.7. The molecule has 156 valence electrons. The lowest BCUT2D eigenvalue weighted by Gasteiger charge is -2.08. The highest BCUT2D eigenvalue weighted by Gasteiger charge is 2.15. The Balaban J connectivity index is 1.76. The molecule has 0 atom stereocenters. The molecular formula is C21H16N4O5S. The lowest BCUT2D eigenvalue weighted by molar-refractivity contribution is -0.385. The van der Waals surface area contributed by atoms with E-state index < -0.39 is 28.2 Å². The predicted molar refractivity (Wildman–Crippen MR) is 117 cm³/mol. The number of thiophene rings is 1. The first-order valence-corrected chi connectivity index (χ1v) is 9.74. The van der Waals surface area contributed by atoms with E-state index in [4.69, 9.17) is 0 Å². The van der Waals surface area contributed by atoms with E-state index in [9.17, 15) is 24.8 Å². The average molecular weight is 436 g/mol. The van der Waals surface area contributed by atoms with Gasteiger partial charge < -0.3 is 10.4 Å². The number of benzene rings is 2. The highest BCUT2D eigenvalue weighted by atomic mass is 32.1. The van der Waals surface area contributed by atoms with Crippen LogP contribution in [0.15, 0.2) is 76.8 Å². The summed E-state index contributed by atoms with van der Waals surface area (Å²) in [5.41, 5.74) is 2.45. The van der Waals surface area contributed by atoms with Crippen LogP contribution in [-0.4, -0.2) is 28.1 Å². The summed E-state index contributed by atoms with van der Waals surface area (Å²) in [6.45, 7) is 0. The smallest absolute Gasteiger partial charge is 0.311 e. The van der Waals surface area contributed by atoms with Crippen LogP contribution >= 0.6 is 11.3 Å². The zero-order valence-electron chi connectivity index (χ0n) is 15.9. The number of phenols is 1. The maximum Gasteiger partial charge on any atom is 0.311 e. The number of nitro benzene ring substituents is 1. The topological polar surface area (TPSA) is 134 Å².